The zero-order valence-corrected chi connectivity index (χ0v) is 12.3. The lowest BCUT2D eigenvalue weighted by molar-refractivity contribution is -0.140. The molecule has 0 radical (unpaired) electrons. The van der Waals surface area contributed by atoms with Gasteiger partial charge in [0.15, 0.2) is 0 Å². The molecule has 22 heavy (non-hydrogen) atoms. The van der Waals surface area contributed by atoms with Crippen LogP contribution in [0.4, 0.5) is 26.3 Å². The molecule has 3 N–H and O–H groups in total. The number of nitrogens with one attached hydrogen (secondary N) is 1. The predicted molar refractivity (Wildman–Crippen MR) is 67.8 cm³/mol. The smallest absolute Gasteiger partial charge is 0.325 e. The van der Waals surface area contributed by atoms with E-state index in [1.54, 1.807) is 0 Å². The van der Waals surface area contributed by atoms with Crippen LogP contribution in [-0.2, 0) is 16.2 Å². The maximum Gasteiger partial charge on any atom is 0.419 e. The molecule has 0 atom stereocenters. The van der Waals surface area contributed by atoms with Crippen LogP contribution in [0.3, 0.4) is 0 Å². The molecule has 0 amide bonds. The molecule has 0 unspecified atom stereocenters. The Kier molecular flexibility index (Phi) is 6.69. The van der Waals surface area contributed by atoms with Crippen molar-refractivity contribution in [3.05, 3.63) is 29.6 Å². The van der Waals surface area contributed by atoms with E-state index in [1.165, 1.54) is 4.72 Å². The summed E-state index contributed by atoms with van der Waals surface area (Å²) in [7, 11) is -4.58. The summed E-state index contributed by atoms with van der Waals surface area (Å²) >= 11 is 0. The van der Waals surface area contributed by atoms with Gasteiger partial charge in [0.05, 0.1) is 23.5 Å². The Balaban J connectivity index is 0.00000441. The van der Waals surface area contributed by atoms with Gasteiger partial charge in [-0.2, -0.15) is 13.2 Å². The Bertz CT molecular complexity index is 620. The molecule has 0 heterocycles. The van der Waals surface area contributed by atoms with E-state index in [9.17, 15) is 34.8 Å². The molecule has 0 saturated heterocycles. The van der Waals surface area contributed by atoms with Gasteiger partial charge in [0.2, 0.25) is 10.0 Å². The Morgan fingerprint density at radius 3 is 2.09 bits per heavy atom. The van der Waals surface area contributed by atoms with Crippen LogP contribution in [0, 0.1) is 5.82 Å². The SMILES string of the molecule is Cl.NCC(F)(F)CNS(=O)(=O)c1ccc(C(F)(F)F)c(F)c1. The first-order valence-electron chi connectivity index (χ1n) is 5.33. The van der Waals surface area contributed by atoms with Crippen molar-refractivity contribution < 1.29 is 34.8 Å². The van der Waals surface area contributed by atoms with Crippen LogP contribution in [0.2, 0.25) is 0 Å². The third-order valence-electron chi connectivity index (χ3n) is 2.38. The molecule has 1 aromatic rings. The first-order valence-corrected chi connectivity index (χ1v) is 6.82. The van der Waals surface area contributed by atoms with Gasteiger partial charge in [-0.1, -0.05) is 0 Å². The van der Waals surface area contributed by atoms with Crippen LogP contribution in [0.25, 0.3) is 0 Å². The van der Waals surface area contributed by atoms with E-state index in [-0.39, 0.29) is 24.5 Å². The predicted octanol–water partition coefficient (Wildman–Crippen LogP) is 2.14. The van der Waals surface area contributed by atoms with E-state index in [2.05, 4.69) is 0 Å². The maximum absolute atomic E-state index is 13.2. The van der Waals surface area contributed by atoms with Crippen molar-refractivity contribution in [2.45, 2.75) is 17.0 Å². The number of halogens is 7. The Morgan fingerprint density at radius 2 is 1.68 bits per heavy atom. The second-order valence-electron chi connectivity index (χ2n) is 4.02. The van der Waals surface area contributed by atoms with Crippen LogP contribution < -0.4 is 10.5 Å². The van der Waals surface area contributed by atoms with Crippen molar-refractivity contribution in [1.29, 1.82) is 0 Å². The number of benzene rings is 1. The van der Waals surface area contributed by atoms with Crippen molar-refractivity contribution in [2.75, 3.05) is 13.1 Å². The number of hydrogen-bond donors (Lipinski definition) is 2. The van der Waals surface area contributed by atoms with Crippen LogP contribution in [0.15, 0.2) is 23.1 Å². The fraction of sp³-hybridized carbons (Fsp3) is 0.400. The minimum atomic E-state index is -4.99. The Labute approximate surface area is 128 Å². The largest absolute Gasteiger partial charge is 0.419 e. The van der Waals surface area contributed by atoms with Gasteiger partial charge in [-0.3, -0.25) is 0 Å². The molecule has 0 bridgehead atoms. The summed E-state index contributed by atoms with van der Waals surface area (Å²) < 4.78 is 100. The van der Waals surface area contributed by atoms with E-state index in [0.29, 0.717) is 6.07 Å². The van der Waals surface area contributed by atoms with Gasteiger partial charge in [-0.05, 0) is 18.2 Å². The van der Waals surface area contributed by atoms with Gasteiger partial charge in [0, 0.05) is 0 Å². The van der Waals surface area contributed by atoms with Crippen LogP contribution >= 0.6 is 12.4 Å². The van der Waals surface area contributed by atoms with E-state index < -0.39 is 51.5 Å². The molecule has 0 fully saturated rings. The standard InChI is InChI=1S/C10H10F6N2O2S.ClH/c11-8-3-6(1-2-7(8)10(14,15)16)21(19,20)18-5-9(12,13)4-17;/h1-3,18H,4-5,17H2;1H. The second kappa shape index (κ2) is 7.02. The first kappa shape index (κ1) is 21.0. The lowest BCUT2D eigenvalue weighted by Gasteiger charge is -2.15. The maximum atomic E-state index is 13.2. The van der Waals surface area contributed by atoms with Crippen molar-refractivity contribution in [2.24, 2.45) is 5.73 Å². The van der Waals surface area contributed by atoms with Gasteiger partial charge in [0.25, 0.3) is 5.92 Å². The Morgan fingerprint density at radius 1 is 1.14 bits per heavy atom. The number of alkyl halides is 5. The molecule has 4 nitrogen and oxygen atoms in total. The Hall–Kier alpha value is -1.04. The summed E-state index contributed by atoms with van der Waals surface area (Å²) in [5, 5.41) is 0. The third-order valence-corrected chi connectivity index (χ3v) is 3.77. The van der Waals surface area contributed by atoms with E-state index >= 15 is 0 Å². The quantitative estimate of drug-likeness (QED) is 0.778. The molecule has 0 aliphatic rings. The molecule has 128 valence electrons. The molecule has 0 spiro atoms. The molecule has 1 aromatic carbocycles. The highest BCUT2D eigenvalue weighted by atomic mass is 35.5. The minimum absolute atomic E-state index is 0. The average molecular weight is 373 g/mol. The zero-order chi connectivity index (χ0) is 16.5. The summed E-state index contributed by atoms with van der Waals surface area (Å²) in [6.45, 7) is -2.48. The molecular formula is C10H11ClF6N2O2S. The highest BCUT2D eigenvalue weighted by Crippen LogP contribution is 2.32. The molecule has 12 heteroatoms. The summed E-state index contributed by atoms with van der Waals surface area (Å²) in [6.07, 6.45) is -4.99. The van der Waals surface area contributed by atoms with Gasteiger partial charge in [-0.15, -0.1) is 12.4 Å². The van der Waals surface area contributed by atoms with Crippen molar-refractivity contribution in [3.63, 3.8) is 0 Å². The molecule has 0 aliphatic heterocycles. The summed E-state index contributed by atoms with van der Waals surface area (Å²) in [5.41, 5.74) is 3.04. The van der Waals surface area contributed by atoms with Gasteiger partial charge in [-0.25, -0.2) is 26.3 Å². The summed E-state index contributed by atoms with van der Waals surface area (Å²) in [5.74, 6) is -5.35. The molecular weight excluding hydrogens is 362 g/mol. The normalized spacial score (nSPS) is 12.9. The minimum Gasteiger partial charge on any atom is -0.325 e. The third kappa shape index (κ3) is 5.30. The van der Waals surface area contributed by atoms with Crippen LogP contribution in [-0.4, -0.2) is 27.4 Å². The van der Waals surface area contributed by atoms with Gasteiger partial charge >= 0.3 is 6.18 Å². The highest BCUT2D eigenvalue weighted by Gasteiger charge is 2.35. The fourth-order valence-electron chi connectivity index (χ4n) is 1.25. The number of rotatable bonds is 5. The van der Waals surface area contributed by atoms with Crippen molar-refractivity contribution in [3.8, 4) is 0 Å². The lowest BCUT2D eigenvalue weighted by atomic mass is 10.2. The molecule has 0 aromatic heterocycles. The fourth-order valence-corrected chi connectivity index (χ4v) is 2.32. The summed E-state index contributed by atoms with van der Waals surface area (Å²) in [4.78, 5) is -0.902. The lowest BCUT2D eigenvalue weighted by Crippen LogP contribution is -2.41. The van der Waals surface area contributed by atoms with Crippen LogP contribution in [0.5, 0.6) is 0 Å². The van der Waals surface area contributed by atoms with Gasteiger partial charge in [0.1, 0.15) is 5.82 Å². The zero-order valence-electron chi connectivity index (χ0n) is 10.6. The van der Waals surface area contributed by atoms with Crippen molar-refractivity contribution >= 4 is 22.4 Å². The first-order chi connectivity index (χ1) is 9.39. The molecule has 1 rings (SSSR count). The number of hydrogen-bond acceptors (Lipinski definition) is 3. The van der Waals surface area contributed by atoms with E-state index in [4.69, 9.17) is 5.73 Å². The topological polar surface area (TPSA) is 72.2 Å². The van der Waals surface area contributed by atoms with E-state index in [1.807, 2.05) is 0 Å². The molecule has 0 saturated carbocycles. The van der Waals surface area contributed by atoms with E-state index in [0.717, 1.165) is 0 Å². The van der Waals surface area contributed by atoms with Crippen LogP contribution in [0.1, 0.15) is 5.56 Å². The number of nitrogens with two attached hydrogens (primary N) is 1. The molecule has 0 aliphatic carbocycles. The summed E-state index contributed by atoms with van der Waals surface area (Å²) in [6, 6.07) is 0.783. The number of sulfonamides is 1. The monoisotopic (exact) mass is 372 g/mol. The van der Waals surface area contributed by atoms with Crippen molar-refractivity contribution in [1.82, 2.24) is 4.72 Å². The average Bonchev–Trinajstić information content (AvgIpc) is 2.35. The second-order valence-corrected chi connectivity index (χ2v) is 5.79. The highest BCUT2D eigenvalue weighted by molar-refractivity contribution is 7.89. The van der Waals surface area contributed by atoms with Gasteiger partial charge < -0.3 is 5.73 Å².